The Labute approximate surface area is 90.2 Å². The molecule has 2 atom stereocenters. The fraction of sp³-hybridized carbons (Fsp3) is 0.500. The second-order valence-electron chi connectivity index (χ2n) is 3.86. The van der Waals surface area contributed by atoms with Crippen LogP contribution < -0.4 is 5.73 Å². The Kier molecular flexibility index (Phi) is 3.72. The Morgan fingerprint density at radius 2 is 2.13 bits per heavy atom. The van der Waals surface area contributed by atoms with Crippen LogP contribution in [-0.2, 0) is 16.1 Å². The summed E-state index contributed by atoms with van der Waals surface area (Å²) in [4.78, 5) is 0. The van der Waals surface area contributed by atoms with Gasteiger partial charge in [-0.05, 0) is 12.0 Å². The van der Waals surface area contributed by atoms with E-state index in [0.29, 0.717) is 13.2 Å². The molecule has 1 aliphatic rings. The normalized spacial score (nSPS) is 26.5. The molecule has 1 fully saturated rings. The molecule has 0 radical (unpaired) electrons. The fourth-order valence-corrected chi connectivity index (χ4v) is 1.68. The van der Waals surface area contributed by atoms with Gasteiger partial charge in [0.1, 0.15) is 0 Å². The quantitative estimate of drug-likeness (QED) is 0.813. The predicted molar refractivity (Wildman–Crippen MR) is 58.4 cm³/mol. The summed E-state index contributed by atoms with van der Waals surface area (Å²) in [5.74, 6) is 0. The van der Waals surface area contributed by atoms with E-state index in [1.807, 2.05) is 18.2 Å². The summed E-state index contributed by atoms with van der Waals surface area (Å²) in [5.41, 5.74) is 7.11. The highest BCUT2D eigenvalue weighted by molar-refractivity contribution is 5.13. The van der Waals surface area contributed by atoms with Crippen LogP contribution in [-0.4, -0.2) is 25.4 Å². The zero-order valence-electron chi connectivity index (χ0n) is 8.76. The monoisotopic (exact) mass is 207 g/mol. The summed E-state index contributed by atoms with van der Waals surface area (Å²) in [7, 11) is 0. The lowest BCUT2D eigenvalue weighted by Crippen LogP contribution is -2.44. The highest BCUT2D eigenvalue weighted by Gasteiger charge is 2.22. The van der Waals surface area contributed by atoms with Crippen molar-refractivity contribution in [2.24, 2.45) is 5.73 Å². The van der Waals surface area contributed by atoms with Gasteiger partial charge in [-0.2, -0.15) is 0 Å². The lowest BCUT2D eigenvalue weighted by molar-refractivity contribution is -0.0678. The van der Waals surface area contributed by atoms with Crippen molar-refractivity contribution in [3.05, 3.63) is 35.9 Å². The number of nitrogens with two attached hydrogens (primary N) is 1. The maximum atomic E-state index is 5.94. The van der Waals surface area contributed by atoms with Crippen molar-refractivity contribution in [1.82, 2.24) is 0 Å². The lowest BCUT2D eigenvalue weighted by atomic mass is 10.1. The molecule has 0 aromatic heterocycles. The standard InChI is InChI=1S/C12H17NO2/c13-11-6-7-14-9-12(11)15-8-10-4-2-1-3-5-10/h1-5,11-12H,6-9,13H2/t11-,12-/m1/s1. The van der Waals surface area contributed by atoms with Crippen LogP contribution in [0, 0.1) is 0 Å². The Bertz CT molecular complexity index is 289. The Hall–Kier alpha value is -0.900. The Morgan fingerprint density at radius 1 is 1.33 bits per heavy atom. The van der Waals surface area contributed by atoms with Gasteiger partial charge in [0.05, 0.1) is 19.3 Å². The van der Waals surface area contributed by atoms with Crippen molar-refractivity contribution < 1.29 is 9.47 Å². The molecule has 3 nitrogen and oxygen atoms in total. The van der Waals surface area contributed by atoms with Crippen LogP contribution in [0.1, 0.15) is 12.0 Å². The molecule has 82 valence electrons. The van der Waals surface area contributed by atoms with Gasteiger partial charge in [0.25, 0.3) is 0 Å². The molecule has 15 heavy (non-hydrogen) atoms. The average molecular weight is 207 g/mol. The zero-order chi connectivity index (χ0) is 10.5. The lowest BCUT2D eigenvalue weighted by Gasteiger charge is -2.28. The molecule has 1 aromatic rings. The molecular formula is C12H17NO2. The van der Waals surface area contributed by atoms with Gasteiger partial charge in [-0.15, -0.1) is 0 Å². The van der Waals surface area contributed by atoms with Crippen LogP contribution in [0.3, 0.4) is 0 Å². The summed E-state index contributed by atoms with van der Waals surface area (Å²) >= 11 is 0. The molecule has 0 aliphatic carbocycles. The van der Waals surface area contributed by atoms with Crippen molar-refractivity contribution >= 4 is 0 Å². The van der Waals surface area contributed by atoms with Crippen LogP contribution in [0.25, 0.3) is 0 Å². The second kappa shape index (κ2) is 5.26. The molecule has 0 unspecified atom stereocenters. The summed E-state index contributed by atoms with van der Waals surface area (Å²) in [6.07, 6.45) is 0.929. The molecule has 2 N–H and O–H groups in total. The second-order valence-corrected chi connectivity index (χ2v) is 3.86. The van der Waals surface area contributed by atoms with E-state index in [2.05, 4.69) is 12.1 Å². The maximum absolute atomic E-state index is 5.94. The van der Waals surface area contributed by atoms with Gasteiger partial charge in [-0.3, -0.25) is 0 Å². The predicted octanol–water partition coefficient (Wildman–Crippen LogP) is 1.32. The first kappa shape index (κ1) is 10.6. The molecular weight excluding hydrogens is 190 g/mol. The van der Waals surface area contributed by atoms with Gasteiger partial charge in [0.2, 0.25) is 0 Å². The Balaban J connectivity index is 1.82. The van der Waals surface area contributed by atoms with Crippen LogP contribution >= 0.6 is 0 Å². The number of rotatable bonds is 3. The minimum atomic E-state index is 0.0407. The third-order valence-electron chi connectivity index (χ3n) is 2.66. The van der Waals surface area contributed by atoms with E-state index < -0.39 is 0 Å². The molecule has 1 aromatic carbocycles. The largest absolute Gasteiger partial charge is 0.379 e. The number of hydrogen-bond donors (Lipinski definition) is 1. The van der Waals surface area contributed by atoms with Crippen molar-refractivity contribution in [3.63, 3.8) is 0 Å². The van der Waals surface area contributed by atoms with Gasteiger partial charge in [-0.25, -0.2) is 0 Å². The average Bonchev–Trinajstić information content (AvgIpc) is 2.29. The zero-order valence-corrected chi connectivity index (χ0v) is 8.76. The summed E-state index contributed by atoms with van der Waals surface area (Å²) in [6, 6.07) is 10.2. The number of hydrogen-bond acceptors (Lipinski definition) is 3. The topological polar surface area (TPSA) is 44.5 Å². The van der Waals surface area contributed by atoms with E-state index in [-0.39, 0.29) is 12.1 Å². The van der Waals surface area contributed by atoms with Gasteiger partial charge in [0.15, 0.2) is 0 Å². The molecule has 0 spiro atoms. The van der Waals surface area contributed by atoms with Gasteiger partial charge >= 0.3 is 0 Å². The molecule has 1 saturated heterocycles. The van der Waals surface area contributed by atoms with E-state index >= 15 is 0 Å². The highest BCUT2D eigenvalue weighted by atomic mass is 16.5. The van der Waals surface area contributed by atoms with Crippen LogP contribution in [0.4, 0.5) is 0 Å². The number of ether oxygens (including phenoxy) is 2. The number of benzene rings is 1. The van der Waals surface area contributed by atoms with E-state index in [0.717, 1.165) is 13.0 Å². The molecule has 0 saturated carbocycles. The molecule has 0 bridgehead atoms. The molecule has 3 heteroatoms. The van der Waals surface area contributed by atoms with Crippen LogP contribution in [0.15, 0.2) is 30.3 Å². The minimum absolute atomic E-state index is 0.0407. The van der Waals surface area contributed by atoms with Crippen molar-refractivity contribution in [2.45, 2.75) is 25.2 Å². The summed E-state index contributed by atoms with van der Waals surface area (Å²) in [5, 5.41) is 0. The van der Waals surface area contributed by atoms with Crippen LogP contribution in [0.5, 0.6) is 0 Å². The fourth-order valence-electron chi connectivity index (χ4n) is 1.68. The van der Waals surface area contributed by atoms with Gasteiger partial charge in [-0.1, -0.05) is 30.3 Å². The third kappa shape index (κ3) is 3.02. The van der Waals surface area contributed by atoms with E-state index in [9.17, 15) is 0 Å². The van der Waals surface area contributed by atoms with E-state index in [1.165, 1.54) is 5.56 Å². The summed E-state index contributed by atoms with van der Waals surface area (Å²) in [6.45, 7) is 1.99. The molecule has 1 heterocycles. The Morgan fingerprint density at radius 3 is 2.87 bits per heavy atom. The van der Waals surface area contributed by atoms with E-state index in [1.54, 1.807) is 0 Å². The van der Waals surface area contributed by atoms with Crippen molar-refractivity contribution in [2.75, 3.05) is 13.2 Å². The summed E-state index contributed by atoms with van der Waals surface area (Å²) < 4.78 is 11.1. The van der Waals surface area contributed by atoms with E-state index in [4.69, 9.17) is 15.2 Å². The first-order chi connectivity index (χ1) is 7.36. The van der Waals surface area contributed by atoms with Crippen LogP contribution in [0.2, 0.25) is 0 Å². The minimum Gasteiger partial charge on any atom is -0.379 e. The first-order valence-corrected chi connectivity index (χ1v) is 5.35. The molecule has 0 amide bonds. The van der Waals surface area contributed by atoms with Crippen molar-refractivity contribution in [1.29, 1.82) is 0 Å². The molecule has 1 aliphatic heterocycles. The molecule has 2 rings (SSSR count). The SMILES string of the molecule is N[C@@H]1CCOC[C@H]1OCc1ccccc1. The van der Waals surface area contributed by atoms with Crippen molar-refractivity contribution in [3.8, 4) is 0 Å². The maximum Gasteiger partial charge on any atom is 0.0964 e. The third-order valence-corrected chi connectivity index (χ3v) is 2.66. The van der Waals surface area contributed by atoms with Gasteiger partial charge in [0, 0.05) is 12.6 Å². The first-order valence-electron chi connectivity index (χ1n) is 5.35. The highest BCUT2D eigenvalue weighted by Crippen LogP contribution is 2.11. The van der Waals surface area contributed by atoms with Gasteiger partial charge < -0.3 is 15.2 Å². The smallest absolute Gasteiger partial charge is 0.0964 e.